The van der Waals surface area contributed by atoms with Crippen LogP contribution in [-0.2, 0) is 20.1 Å². The molecule has 166 valence electrons. The minimum absolute atomic E-state index is 0.0112. The van der Waals surface area contributed by atoms with Gasteiger partial charge in [-0.2, -0.15) is 0 Å². The summed E-state index contributed by atoms with van der Waals surface area (Å²) in [5, 5.41) is 1.54. The number of nitrogens with zero attached hydrogens (tertiary/aromatic N) is 2. The van der Waals surface area contributed by atoms with Crippen LogP contribution in [0.4, 0.5) is 10.1 Å². The zero-order valence-electron chi connectivity index (χ0n) is 17.5. The highest BCUT2D eigenvalue weighted by Crippen LogP contribution is 2.47. The van der Waals surface area contributed by atoms with E-state index in [0.29, 0.717) is 11.7 Å². The molecule has 0 aliphatic carbocycles. The topological polar surface area (TPSA) is 137 Å². The summed E-state index contributed by atoms with van der Waals surface area (Å²) in [7, 11) is -3.85. The Morgan fingerprint density at radius 3 is 2.68 bits per heavy atom. The molecule has 1 amide bonds. The number of carbonyl (C=O) groups excluding carboxylic acids is 1. The van der Waals surface area contributed by atoms with Crippen molar-refractivity contribution in [2.45, 2.75) is 43.2 Å². The Bertz CT molecular complexity index is 1220. The molecule has 1 aromatic carbocycles. The van der Waals surface area contributed by atoms with E-state index in [2.05, 4.69) is 15.3 Å². The second-order valence-corrected chi connectivity index (χ2v) is 10.9. The van der Waals surface area contributed by atoms with Gasteiger partial charge in [0.1, 0.15) is 32.9 Å². The molecule has 31 heavy (non-hydrogen) atoms. The van der Waals surface area contributed by atoms with Gasteiger partial charge in [-0.15, -0.1) is 0 Å². The first-order valence-corrected chi connectivity index (χ1v) is 11.2. The summed E-state index contributed by atoms with van der Waals surface area (Å²) in [6.07, 6.45) is 0. The second-order valence-electron chi connectivity index (χ2n) is 8.27. The monoisotopic (exact) mass is 450 g/mol. The molecule has 3 N–H and O–H groups in total. The van der Waals surface area contributed by atoms with Crippen molar-refractivity contribution in [1.82, 2.24) is 4.98 Å². The van der Waals surface area contributed by atoms with Gasteiger partial charge in [0.2, 0.25) is 0 Å². The summed E-state index contributed by atoms with van der Waals surface area (Å²) in [6.45, 7) is 5.89. The maximum absolute atomic E-state index is 15.0. The number of halogens is 1. The van der Waals surface area contributed by atoms with Crippen LogP contribution in [0.15, 0.2) is 27.6 Å². The Hall–Kier alpha value is -2.79. The highest BCUT2D eigenvalue weighted by molar-refractivity contribution is 7.94. The molecule has 2 aromatic rings. The fourth-order valence-corrected chi connectivity index (χ4v) is 6.11. The third kappa shape index (κ3) is 3.06. The predicted octanol–water partition coefficient (Wildman–Crippen LogP) is 1.84. The van der Waals surface area contributed by atoms with E-state index in [4.69, 9.17) is 14.9 Å². The van der Waals surface area contributed by atoms with E-state index in [1.165, 1.54) is 26.0 Å². The number of nitrogens with two attached hydrogens (primary N) is 1. The average molecular weight is 450 g/mol. The van der Waals surface area contributed by atoms with Gasteiger partial charge in [-0.05, 0) is 39.0 Å². The molecule has 3 heterocycles. The number of rotatable bonds is 3. The van der Waals surface area contributed by atoms with Crippen LogP contribution in [-0.4, -0.2) is 48.4 Å². The van der Waals surface area contributed by atoms with Crippen LogP contribution in [0.25, 0.3) is 0 Å². The molecule has 1 fully saturated rings. The zero-order chi connectivity index (χ0) is 22.8. The standard InChI is InChI=1S/C20H23FN4O5S/c1-10-16(23-11(2)30-10)17(26)24-12-5-6-14(21)13(7-12)20-9-29-8-15(20)31(27,28)19(3,4)18(22)25-20/h5-7,15H,8-9H2,1-4H3,(H2,22,25)(H,24,26)/t15-,20-/m1/s1. The van der Waals surface area contributed by atoms with Crippen LogP contribution in [0.2, 0.25) is 0 Å². The van der Waals surface area contributed by atoms with Gasteiger partial charge in [-0.1, -0.05) is 0 Å². The summed E-state index contributed by atoms with van der Waals surface area (Å²) < 4.78 is 50.8. The lowest BCUT2D eigenvalue weighted by Crippen LogP contribution is -2.60. The maximum atomic E-state index is 15.0. The first kappa shape index (κ1) is 21.4. The van der Waals surface area contributed by atoms with Gasteiger partial charge < -0.3 is 20.2 Å². The van der Waals surface area contributed by atoms with Crippen molar-refractivity contribution in [3.63, 3.8) is 0 Å². The van der Waals surface area contributed by atoms with Crippen molar-refractivity contribution in [3.8, 4) is 0 Å². The van der Waals surface area contributed by atoms with Crippen LogP contribution in [0.1, 0.15) is 41.6 Å². The number of oxazole rings is 1. The molecule has 1 aromatic heterocycles. The molecule has 4 rings (SSSR count). The number of aryl methyl sites for hydroxylation is 2. The predicted molar refractivity (Wildman–Crippen MR) is 111 cm³/mol. The highest BCUT2D eigenvalue weighted by Gasteiger charge is 2.62. The van der Waals surface area contributed by atoms with Crippen molar-refractivity contribution in [3.05, 3.63) is 46.9 Å². The quantitative estimate of drug-likeness (QED) is 0.728. The summed E-state index contributed by atoms with van der Waals surface area (Å²) >= 11 is 0. The lowest BCUT2D eigenvalue weighted by atomic mass is 9.87. The highest BCUT2D eigenvalue weighted by atomic mass is 32.2. The molecule has 1 saturated heterocycles. The fourth-order valence-electron chi connectivity index (χ4n) is 4.03. The summed E-state index contributed by atoms with van der Waals surface area (Å²) in [6, 6.07) is 3.88. The molecule has 0 saturated carbocycles. The summed E-state index contributed by atoms with van der Waals surface area (Å²) in [5.41, 5.74) is 4.84. The Kier molecular flexibility index (Phi) is 4.74. The maximum Gasteiger partial charge on any atom is 0.277 e. The number of anilines is 1. The van der Waals surface area contributed by atoms with Gasteiger partial charge >= 0.3 is 0 Å². The number of amidine groups is 1. The molecule has 9 nitrogen and oxygen atoms in total. The third-order valence-corrected chi connectivity index (χ3v) is 8.86. The van der Waals surface area contributed by atoms with Gasteiger partial charge in [0.05, 0.1) is 13.2 Å². The van der Waals surface area contributed by atoms with Crippen molar-refractivity contribution >= 4 is 27.3 Å². The number of ether oxygens (including phenoxy) is 1. The third-order valence-electron chi connectivity index (χ3n) is 5.96. The second kappa shape index (κ2) is 6.86. The largest absolute Gasteiger partial charge is 0.445 e. The van der Waals surface area contributed by atoms with Crippen molar-refractivity contribution in [2.75, 3.05) is 18.5 Å². The first-order valence-electron chi connectivity index (χ1n) is 9.62. The van der Waals surface area contributed by atoms with Crippen LogP contribution >= 0.6 is 0 Å². The Morgan fingerprint density at radius 2 is 2.03 bits per heavy atom. The molecule has 0 unspecified atom stereocenters. The molecule has 0 bridgehead atoms. The van der Waals surface area contributed by atoms with Crippen LogP contribution in [0, 0.1) is 19.7 Å². The van der Waals surface area contributed by atoms with Crippen molar-refractivity contribution in [2.24, 2.45) is 10.7 Å². The van der Waals surface area contributed by atoms with E-state index in [0.717, 1.165) is 6.07 Å². The smallest absolute Gasteiger partial charge is 0.277 e. The molecule has 11 heteroatoms. The minimum atomic E-state index is -3.85. The summed E-state index contributed by atoms with van der Waals surface area (Å²) in [5.74, 6) is -0.639. The van der Waals surface area contributed by atoms with E-state index in [1.807, 2.05) is 0 Å². The number of carbonyl (C=O) groups is 1. The van der Waals surface area contributed by atoms with Crippen LogP contribution in [0.5, 0.6) is 0 Å². The van der Waals surface area contributed by atoms with Gasteiger partial charge in [0.25, 0.3) is 5.91 Å². The van der Waals surface area contributed by atoms with Gasteiger partial charge in [-0.25, -0.2) is 17.8 Å². The van der Waals surface area contributed by atoms with Gasteiger partial charge in [0.15, 0.2) is 21.4 Å². The molecule has 2 atom stereocenters. The van der Waals surface area contributed by atoms with Crippen molar-refractivity contribution < 1.29 is 26.8 Å². The van der Waals surface area contributed by atoms with Gasteiger partial charge in [0, 0.05) is 18.2 Å². The Labute approximate surface area is 178 Å². The molecule has 2 aliphatic heterocycles. The summed E-state index contributed by atoms with van der Waals surface area (Å²) in [4.78, 5) is 21.1. The van der Waals surface area contributed by atoms with E-state index in [9.17, 15) is 17.6 Å². The SMILES string of the molecule is Cc1nc(C(=O)Nc2ccc(F)c([C@]34COC[C@H]3S(=O)(=O)C(C)(C)C(N)=N4)c2)c(C)o1. The number of fused-ring (bicyclic) bond motifs is 1. The van der Waals surface area contributed by atoms with E-state index < -0.39 is 37.1 Å². The van der Waals surface area contributed by atoms with Gasteiger partial charge in [-0.3, -0.25) is 9.79 Å². The van der Waals surface area contributed by atoms with E-state index in [1.54, 1.807) is 13.8 Å². The number of hydrogen-bond acceptors (Lipinski definition) is 8. The van der Waals surface area contributed by atoms with Crippen LogP contribution < -0.4 is 11.1 Å². The number of nitrogens with one attached hydrogen (secondary N) is 1. The van der Waals surface area contributed by atoms with Crippen molar-refractivity contribution in [1.29, 1.82) is 0 Å². The molecule has 0 spiro atoms. The normalized spacial score (nSPS) is 26.2. The van der Waals surface area contributed by atoms with E-state index in [-0.39, 0.29) is 36.0 Å². The number of aliphatic imine (C=N–C) groups is 1. The lowest BCUT2D eigenvalue weighted by Gasteiger charge is -2.41. The first-order chi connectivity index (χ1) is 14.4. The molecule has 0 radical (unpaired) electrons. The number of sulfone groups is 1. The number of amides is 1. The number of aromatic nitrogens is 1. The Balaban J connectivity index is 1.79. The molecular formula is C20H23FN4O5S. The van der Waals surface area contributed by atoms with E-state index >= 15 is 0 Å². The average Bonchev–Trinajstić information content (AvgIpc) is 3.26. The fraction of sp³-hybridized carbons (Fsp3) is 0.450. The molecular weight excluding hydrogens is 427 g/mol. The minimum Gasteiger partial charge on any atom is -0.445 e. The Morgan fingerprint density at radius 1 is 1.32 bits per heavy atom. The lowest BCUT2D eigenvalue weighted by molar-refractivity contribution is 0.102. The van der Waals surface area contributed by atoms with Crippen LogP contribution in [0.3, 0.4) is 0 Å². The zero-order valence-corrected chi connectivity index (χ0v) is 18.3. The molecule has 2 aliphatic rings. The number of benzene rings is 1. The number of hydrogen-bond donors (Lipinski definition) is 2.